The normalized spacial score (nSPS) is 11.7. The number of fused-ring (bicyclic) bond motifs is 1. The van der Waals surface area contributed by atoms with Crippen LogP contribution in [0.3, 0.4) is 0 Å². The number of hydrogen-bond donors (Lipinski definition) is 0. The lowest BCUT2D eigenvalue weighted by Gasteiger charge is -2.18. The van der Waals surface area contributed by atoms with Crippen molar-refractivity contribution in [1.29, 1.82) is 0 Å². The number of alkyl halides is 3. The van der Waals surface area contributed by atoms with Gasteiger partial charge < -0.3 is 9.29 Å². The van der Waals surface area contributed by atoms with E-state index < -0.39 is 21.9 Å². The molecule has 8 nitrogen and oxygen atoms in total. The lowest BCUT2D eigenvalue weighted by Crippen LogP contribution is -2.43. The first-order valence-electron chi connectivity index (χ1n) is 14.1. The van der Waals surface area contributed by atoms with Crippen molar-refractivity contribution in [3.63, 3.8) is 0 Å². The Labute approximate surface area is 264 Å². The van der Waals surface area contributed by atoms with Gasteiger partial charge in [0.15, 0.2) is 5.69 Å². The third-order valence-corrected chi connectivity index (χ3v) is 8.02. The number of hydrogen-bond acceptors (Lipinski definition) is 6. The highest BCUT2D eigenvalue weighted by atomic mass is 32.2. The average Bonchev–Trinajstić information content (AvgIpc) is 3.50. The van der Waals surface area contributed by atoms with Gasteiger partial charge in [-0.3, -0.25) is 0 Å². The molecule has 6 rings (SSSR count). The minimum Gasteiger partial charge on any atom is -0.744 e. The van der Waals surface area contributed by atoms with E-state index in [9.17, 15) is 26.1 Å². The quantitative estimate of drug-likeness (QED) is 0.141. The zero-order valence-electron chi connectivity index (χ0n) is 25.0. The van der Waals surface area contributed by atoms with E-state index in [1.165, 1.54) is 15.7 Å². The van der Waals surface area contributed by atoms with Crippen molar-refractivity contribution in [3.05, 3.63) is 126 Å². The Morgan fingerprint density at radius 1 is 0.848 bits per heavy atom. The van der Waals surface area contributed by atoms with E-state index in [2.05, 4.69) is 10.2 Å². The Morgan fingerprint density at radius 2 is 1.54 bits per heavy atom. The van der Waals surface area contributed by atoms with Crippen LogP contribution in [0.5, 0.6) is 5.75 Å². The number of halogens is 3. The van der Waals surface area contributed by atoms with Crippen LogP contribution in [0.25, 0.3) is 33.5 Å². The van der Waals surface area contributed by atoms with Gasteiger partial charge in [0, 0.05) is 4.80 Å². The molecule has 0 radical (unpaired) electrons. The van der Waals surface area contributed by atoms with Gasteiger partial charge in [0.25, 0.3) is 0 Å². The standard InChI is InChI=1S/C21H16F3N4O.C13H14O3S/c1-29-19-12-5-7-15(13-19)20-25-27(17-9-3-2-4-10-17)28(26-20)18-11-6-8-16(14-18)21(22,23)24;1-9(2)11-8-7-10-5-3-4-6-12(10)13(11)17(14,15)16/h2-14H,1H3;3-9H,1-2H3,(H,14,15,16)/q+1;/p-1. The third kappa shape index (κ3) is 7.08. The summed E-state index contributed by atoms with van der Waals surface area (Å²) < 4.78 is 79.1. The van der Waals surface area contributed by atoms with Crippen molar-refractivity contribution in [2.24, 2.45) is 0 Å². The first kappa shape index (κ1) is 32.3. The predicted octanol–water partition coefficient (Wildman–Crippen LogP) is 7.11. The molecule has 0 atom stereocenters. The van der Waals surface area contributed by atoms with Crippen LogP contribution in [0, 0.1) is 0 Å². The SMILES string of the molecule is CC(C)c1ccc2ccccc2c1S(=O)(=O)[O-].COc1cccc(-c2nn(-c3cccc(C(F)(F)F)c3)[n+](-c3ccccc3)n2)c1. The molecule has 0 saturated heterocycles. The monoisotopic (exact) mass is 646 g/mol. The highest BCUT2D eigenvalue weighted by Crippen LogP contribution is 2.32. The second-order valence-electron chi connectivity index (χ2n) is 10.5. The molecular weight excluding hydrogens is 617 g/mol. The van der Waals surface area contributed by atoms with Crippen LogP contribution in [0.15, 0.2) is 120 Å². The molecule has 1 heterocycles. The Hall–Kier alpha value is -5.07. The van der Waals surface area contributed by atoms with Gasteiger partial charge in [-0.2, -0.15) is 13.2 Å². The Morgan fingerprint density at radius 3 is 2.22 bits per heavy atom. The summed E-state index contributed by atoms with van der Waals surface area (Å²) in [4.78, 5) is 2.73. The van der Waals surface area contributed by atoms with Gasteiger partial charge in [0.1, 0.15) is 21.6 Å². The van der Waals surface area contributed by atoms with Gasteiger partial charge in [0.2, 0.25) is 0 Å². The summed E-state index contributed by atoms with van der Waals surface area (Å²) in [5.41, 5.74) is 1.41. The van der Waals surface area contributed by atoms with Crippen molar-refractivity contribution in [2.45, 2.75) is 30.8 Å². The topological polar surface area (TPSA) is 101 Å². The zero-order valence-corrected chi connectivity index (χ0v) is 25.8. The number of benzene rings is 5. The maximum Gasteiger partial charge on any atom is 0.416 e. The van der Waals surface area contributed by atoms with Gasteiger partial charge in [0.05, 0.1) is 28.2 Å². The molecule has 0 unspecified atom stereocenters. The number of para-hydroxylation sites is 1. The Kier molecular flexibility index (Phi) is 9.22. The number of tetrazole rings is 1. The van der Waals surface area contributed by atoms with Crippen LogP contribution < -0.4 is 9.53 Å². The molecule has 236 valence electrons. The van der Waals surface area contributed by atoms with Gasteiger partial charge >= 0.3 is 12.0 Å². The van der Waals surface area contributed by atoms with Crippen LogP contribution in [0.4, 0.5) is 13.2 Å². The van der Waals surface area contributed by atoms with E-state index in [0.29, 0.717) is 33.8 Å². The molecule has 0 aliphatic rings. The van der Waals surface area contributed by atoms with Crippen LogP contribution in [0.1, 0.15) is 30.9 Å². The van der Waals surface area contributed by atoms with Crippen LogP contribution >= 0.6 is 0 Å². The summed E-state index contributed by atoms with van der Waals surface area (Å²) in [6, 6.07) is 31.8. The van der Waals surface area contributed by atoms with Gasteiger partial charge in [-0.25, -0.2) is 8.42 Å². The largest absolute Gasteiger partial charge is 0.744 e. The van der Waals surface area contributed by atoms with Crippen molar-refractivity contribution in [1.82, 2.24) is 15.0 Å². The Balaban J connectivity index is 0.000000209. The molecule has 46 heavy (non-hydrogen) atoms. The summed E-state index contributed by atoms with van der Waals surface area (Å²) in [5.74, 6) is 0.979. The molecule has 1 aromatic heterocycles. The summed E-state index contributed by atoms with van der Waals surface area (Å²) >= 11 is 0. The fourth-order valence-electron chi connectivity index (χ4n) is 4.86. The highest BCUT2D eigenvalue weighted by Gasteiger charge is 2.32. The molecule has 5 aromatic carbocycles. The lowest BCUT2D eigenvalue weighted by atomic mass is 9.99. The van der Waals surface area contributed by atoms with Crippen molar-refractivity contribution in [3.8, 4) is 28.5 Å². The fourth-order valence-corrected chi connectivity index (χ4v) is 5.91. The maximum absolute atomic E-state index is 13.2. The number of aromatic nitrogens is 4. The van der Waals surface area contributed by atoms with Gasteiger partial charge in [-0.15, -0.1) is 0 Å². The van der Waals surface area contributed by atoms with E-state index in [4.69, 9.17) is 4.74 Å². The molecule has 0 spiro atoms. The summed E-state index contributed by atoms with van der Waals surface area (Å²) in [7, 11) is -2.90. The molecule has 6 aromatic rings. The first-order valence-corrected chi connectivity index (χ1v) is 15.5. The number of rotatable bonds is 6. The van der Waals surface area contributed by atoms with Crippen LogP contribution in [0.2, 0.25) is 0 Å². The van der Waals surface area contributed by atoms with Crippen LogP contribution in [-0.4, -0.2) is 35.1 Å². The third-order valence-electron chi connectivity index (χ3n) is 7.06. The molecule has 0 amide bonds. The molecular formula is C34H29F3N4O4S. The fraction of sp³-hybridized carbons (Fsp3) is 0.147. The molecule has 0 aliphatic heterocycles. The predicted molar refractivity (Wildman–Crippen MR) is 166 cm³/mol. The molecule has 0 bridgehead atoms. The summed E-state index contributed by atoms with van der Waals surface area (Å²) in [6.45, 7) is 3.75. The molecule has 12 heteroatoms. The molecule has 0 fully saturated rings. The lowest BCUT2D eigenvalue weighted by molar-refractivity contribution is -0.734. The van der Waals surface area contributed by atoms with E-state index in [-0.39, 0.29) is 16.5 Å². The smallest absolute Gasteiger partial charge is 0.416 e. The van der Waals surface area contributed by atoms with Gasteiger partial charge in [-0.05, 0) is 80.7 Å². The van der Waals surface area contributed by atoms with Gasteiger partial charge in [-0.1, -0.05) is 80.6 Å². The van der Waals surface area contributed by atoms with Crippen molar-refractivity contribution < 1.29 is 35.7 Å². The van der Waals surface area contributed by atoms with E-state index in [1.54, 1.807) is 67.8 Å². The number of nitrogens with zero attached hydrogens (tertiary/aromatic N) is 4. The molecule has 0 aliphatic carbocycles. The van der Waals surface area contributed by atoms with E-state index in [1.807, 2.05) is 50.2 Å². The Bertz CT molecular complexity index is 2100. The number of methoxy groups -OCH3 is 1. The van der Waals surface area contributed by atoms with E-state index >= 15 is 0 Å². The molecule has 0 saturated carbocycles. The molecule has 0 N–H and O–H groups in total. The van der Waals surface area contributed by atoms with Crippen LogP contribution in [-0.2, 0) is 16.3 Å². The minimum absolute atomic E-state index is 0.00155. The number of ether oxygens (including phenoxy) is 1. The van der Waals surface area contributed by atoms with Crippen molar-refractivity contribution >= 4 is 20.9 Å². The summed E-state index contributed by atoms with van der Waals surface area (Å²) in [6.07, 6.45) is -4.45. The first-order chi connectivity index (χ1) is 21.9. The minimum atomic E-state index is -4.46. The maximum atomic E-state index is 13.2. The van der Waals surface area contributed by atoms with E-state index in [0.717, 1.165) is 17.5 Å². The second-order valence-corrected chi connectivity index (χ2v) is 11.8. The average molecular weight is 647 g/mol. The second kappa shape index (κ2) is 13.1. The highest BCUT2D eigenvalue weighted by molar-refractivity contribution is 7.86. The summed E-state index contributed by atoms with van der Waals surface area (Å²) in [5, 5.41) is 10.3. The zero-order chi connectivity index (χ0) is 33.1. The van der Waals surface area contributed by atoms with Crippen molar-refractivity contribution in [2.75, 3.05) is 7.11 Å².